The van der Waals surface area contributed by atoms with Crippen molar-refractivity contribution >= 4 is 10.1 Å². The SMILES string of the molecule is C[C@]12[C@@H]3C[C@H](C[C@H]1OS(C)(=O)=O)[C@]2(C)CC[C@@H]3O. The summed E-state index contributed by atoms with van der Waals surface area (Å²) in [7, 11) is -3.42. The first-order valence-electron chi connectivity index (χ1n) is 6.75. The third-order valence-electron chi connectivity index (χ3n) is 6.32. The second-order valence-corrected chi connectivity index (χ2v) is 8.47. The van der Waals surface area contributed by atoms with E-state index < -0.39 is 10.1 Å². The lowest BCUT2D eigenvalue weighted by atomic mass is 9.57. The molecule has 4 nitrogen and oxygen atoms in total. The molecule has 0 aromatic rings. The molecule has 0 aliphatic heterocycles. The molecule has 3 aliphatic carbocycles. The lowest BCUT2D eigenvalue weighted by Crippen LogP contribution is -2.51. The molecule has 18 heavy (non-hydrogen) atoms. The first kappa shape index (κ1) is 12.9. The average molecular weight is 274 g/mol. The quantitative estimate of drug-likeness (QED) is 0.776. The topological polar surface area (TPSA) is 63.6 Å². The zero-order chi connectivity index (χ0) is 13.3. The highest BCUT2D eigenvalue weighted by atomic mass is 32.2. The second kappa shape index (κ2) is 3.49. The fraction of sp³-hybridized carbons (Fsp3) is 1.00. The van der Waals surface area contributed by atoms with Crippen molar-refractivity contribution in [1.82, 2.24) is 0 Å². The molecule has 0 unspecified atom stereocenters. The summed E-state index contributed by atoms with van der Waals surface area (Å²) in [5.74, 6) is 0.693. The van der Waals surface area contributed by atoms with Crippen LogP contribution in [0.4, 0.5) is 0 Å². The molecule has 3 rings (SSSR count). The predicted molar refractivity (Wildman–Crippen MR) is 67.4 cm³/mol. The zero-order valence-electron chi connectivity index (χ0n) is 11.2. The van der Waals surface area contributed by atoms with Gasteiger partial charge in [-0.05, 0) is 42.9 Å². The van der Waals surface area contributed by atoms with Crippen LogP contribution in [0.3, 0.4) is 0 Å². The molecule has 0 spiro atoms. The van der Waals surface area contributed by atoms with Gasteiger partial charge in [0.05, 0.1) is 18.5 Å². The molecular weight excluding hydrogens is 252 g/mol. The van der Waals surface area contributed by atoms with E-state index in [4.69, 9.17) is 4.18 Å². The Morgan fingerprint density at radius 1 is 1.28 bits per heavy atom. The lowest BCUT2D eigenvalue weighted by Gasteiger charge is -2.50. The first-order chi connectivity index (χ1) is 8.18. The van der Waals surface area contributed by atoms with Crippen LogP contribution in [0.1, 0.15) is 39.5 Å². The number of rotatable bonds is 2. The van der Waals surface area contributed by atoms with Crippen molar-refractivity contribution in [3.05, 3.63) is 0 Å². The minimum absolute atomic E-state index is 0.131. The Balaban J connectivity index is 2.00. The average Bonchev–Trinajstić information content (AvgIpc) is 2.50. The highest BCUT2D eigenvalue weighted by Gasteiger charge is 2.71. The van der Waals surface area contributed by atoms with E-state index in [-0.39, 0.29) is 29.0 Å². The molecule has 104 valence electrons. The molecule has 3 saturated carbocycles. The summed E-state index contributed by atoms with van der Waals surface area (Å²) < 4.78 is 28.2. The third-order valence-corrected chi connectivity index (χ3v) is 6.90. The minimum Gasteiger partial charge on any atom is -0.393 e. The summed E-state index contributed by atoms with van der Waals surface area (Å²) in [4.78, 5) is 0. The fourth-order valence-corrected chi connectivity index (χ4v) is 5.87. The summed E-state index contributed by atoms with van der Waals surface area (Å²) in [5.41, 5.74) is -0.0648. The van der Waals surface area contributed by atoms with Crippen molar-refractivity contribution < 1.29 is 17.7 Å². The Morgan fingerprint density at radius 3 is 2.56 bits per heavy atom. The predicted octanol–water partition coefficient (Wildman–Crippen LogP) is 1.54. The van der Waals surface area contributed by atoms with Gasteiger partial charge in [-0.15, -0.1) is 0 Å². The standard InChI is InChI=1S/C13H22O4S/c1-12-5-4-10(14)9-6-8(12)7-11(13(9,12)2)17-18(3,15)16/h8-11,14H,4-7H2,1-3H3/t8-,9-,10+,11-,12+,13+/m1/s1. The Hall–Kier alpha value is -0.130. The summed E-state index contributed by atoms with van der Waals surface area (Å²) in [6.45, 7) is 4.39. The highest BCUT2D eigenvalue weighted by Crippen LogP contribution is 2.73. The van der Waals surface area contributed by atoms with Crippen LogP contribution in [0.2, 0.25) is 0 Å². The van der Waals surface area contributed by atoms with Gasteiger partial charge < -0.3 is 5.11 Å². The van der Waals surface area contributed by atoms with Gasteiger partial charge in [-0.2, -0.15) is 8.42 Å². The molecular formula is C13H22O4S. The fourth-order valence-electron chi connectivity index (χ4n) is 5.17. The molecule has 0 aromatic heterocycles. The van der Waals surface area contributed by atoms with Crippen molar-refractivity contribution in [1.29, 1.82) is 0 Å². The van der Waals surface area contributed by atoms with E-state index in [2.05, 4.69) is 13.8 Å². The molecule has 0 radical (unpaired) electrons. The second-order valence-electron chi connectivity index (χ2n) is 6.87. The van der Waals surface area contributed by atoms with E-state index >= 15 is 0 Å². The molecule has 0 amide bonds. The van der Waals surface area contributed by atoms with Crippen LogP contribution in [0.15, 0.2) is 0 Å². The summed E-state index contributed by atoms with van der Waals surface area (Å²) in [6, 6.07) is 0. The maximum Gasteiger partial charge on any atom is 0.264 e. The van der Waals surface area contributed by atoms with Gasteiger partial charge >= 0.3 is 0 Å². The molecule has 4 bridgehead atoms. The van der Waals surface area contributed by atoms with E-state index in [0.717, 1.165) is 31.9 Å². The van der Waals surface area contributed by atoms with Crippen molar-refractivity contribution in [2.75, 3.05) is 6.26 Å². The largest absolute Gasteiger partial charge is 0.393 e. The van der Waals surface area contributed by atoms with Crippen molar-refractivity contribution in [2.45, 2.75) is 51.7 Å². The van der Waals surface area contributed by atoms with Gasteiger partial charge in [0.1, 0.15) is 0 Å². The Morgan fingerprint density at radius 2 is 1.94 bits per heavy atom. The Labute approximate surface area is 109 Å². The van der Waals surface area contributed by atoms with Crippen LogP contribution < -0.4 is 0 Å². The summed E-state index contributed by atoms with van der Waals surface area (Å²) >= 11 is 0. The van der Waals surface area contributed by atoms with Crippen LogP contribution in [0.5, 0.6) is 0 Å². The van der Waals surface area contributed by atoms with Gasteiger partial charge in [0, 0.05) is 5.41 Å². The van der Waals surface area contributed by atoms with Gasteiger partial charge in [-0.1, -0.05) is 13.8 Å². The third kappa shape index (κ3) is 1.41. The van der Waals surface area contributed by atoms with Crippen LogP contribution in [-0.2, 0) is 14.3 Å². The van der Waals surface area contributed by atoms with E-state index in [1.807, 2.05) is 0 Å². The van der Waals surface area contributed by atoms with E-state index in [1.165, 1.54) is 0 Å². The van der Waals surface area contributed by atoms with Gasteiger partial charge in [0.2, 0.25) is 0 Å². The molecule has 6 atom stereocenters. The molecule has 0 aromatic carbocycles. The van der Waals surface area contributed by atoms with Crippen LogP contribution in [0.25, 0.3) is 0 Å². The molecule has 5 heteroatoms. The van der Waals surface area contributed by atoms with Crippen LogP contribution in [-0.4, -0.2) is 32.0 Å². The van der Waals surface area contributed by atoms with Gasteiger partial charge in [-0.25, -0.2) is 0 Å². The summed E-state index contributed by atoms with van der Waals surface area (Å²) in [5, 5.41) is 10.2. The molecule has 3 fully saturated rings. The van der Waals surface area contributed by atoms with Gasteiger partial charge in [-0.3, -0.25) is 4.18 Å². The van der Waals surface area contributed by atoms with Crippen molar-refractivity contribution in [3.63, 3.8) is 0 Å². The number of hydrogen-bond donors (Lipinski definition) is 1. The van der Waals surface area contributed by atoms with Crippen LogP contribution >= 0.6 is 0 Å². The lowest BCUT2D eigenvalue weighted by molar-refractivity contribution is -0.0971. The number of aliphatic hydroxyl groups is 1. The highest BCUT2D eigenvalue weighted by molar-refractivity contribution is 7.86. The monoisotopic (exact) mass is 274 g/mol. The van der Waals surface area contributed by atoms with E-state index in [1.54, 1.807) is 0 Å². The molecule has 1 N–H and O–H groups in total. The smallest absolute Gasteiger partial charge is 0.264 e. The van der Waals surface area contributed by atoms with Crippen molar-refractivity contribution in [2.24, 2.45) is 22.7 Å². The molecule has 3 aliphatic rings. The minimum atomic E-state index is -3.42. The van der Waals surface area contributed by atoms with Crippen molar-refractivity contribution in [3.8, 4) is 0 Å². The zero-order valence-corrected chi connectivity index (χ0v) is 12.0. The van der Waals surface area contributed by atoms with Crippen LogP contribution in [0, 0.1) is 22.7 Å². The number of hydrogen-bond acceptors (Lipinski definition) is 4. The van der Waals surface area contributed by atoms with E-state index in [9.17, 15) is 13.5 Å². The molecule has 0 heterocycles. The first-order valence-corrected chi connectivity index (χ1v) is 8.56. The maximum absolute atomic E-state index is 11.4. The summed E-state index contributed by atoms with van der Waals surface area (Å²) in [6.07, 6.45) is 4.25. The Kier molecular flexibility index (Phi) is 2.50. The molecule has 0 saturated heterocycles. The number of aliphatic hydroxyl groups excluding tert-OH is 1. The van der Waals surface area contributed by atoms with Gasteiger partial charge in [0.25, 0.3) is 10.1 Å². The Bertz CT molecular complexity index is 473. The maximum atomic E-state index is 11.4. The van der Waals surface area contributed by atoms with E-state index in [0.29, 0.717) is 5.92 Å². The van der Waals surface area contributed by atoms with Gasteiger partial charge in [0.15, 0.2) is 0 Å². The normalized spacial score (nSPS) is 54.9.